The minimum Gasteiger partial charge on any atom is -0.469 e. The lowest BCUT2D eigenvalue weighted by molar-refractivity contribution is -0.140. The first-order valence-corrected chi connectivity index (χ1v) is 8.47. The molecule has 1 aliphatic rings. The van der Waals surface area contributed by atoms with Crippen LogP contribution in [0.3, 0.4) is 0 Å². The van der Waals surface area contributed by atoms with Crippen LogP contribution in [-0.2, 0) is 19.0 Å². The topological polar surface area (TPSA) is 81.2 Å². The molecule has 0 amide bonds. The molecular formula is C16H32IN3O4. The number of hydrogen-bond acceptors (Lipinski definition) is 5. The molecule has 1 heterocycles. The van der Waals surface area contributed by atoms with Crippen LogP contribution >= 0.6 is 24.0 Å². The number of aliphatic imine (C=N–C) groups is 1. The molecule has 8 heteroatoms. The van der Waals surface area contributed by atoms with Gasteiger partial charge in [0.05, 0.1) is 19.8 Å². The molecule has 0 spiro atoms. The third-order valence-electron chi connectivity index (χ3n) is 3.64. The number of carbonyl (C=O) groups excluding carboxylic acids is 1. The molecule has 1 rings (SSSR count). The Morgan fingerprint density at radius 1 is 1.25 bits per heavy atom. The highest BCUT2D eigenvalue weighted by molar-refractivity contribution is 14.0. The van der Waals surface area contributed by atoms with E-state index in [1.807, 2.05) is 0 Å². The van der Waals surface area contributed by atoms with E-state index in [2.05, 4.69) is 20.4 Å². The highest BCUT2D eigenvalue weighted by Gasteiger charge is 2.14. The number of methoxy groups -OCH3 is 1. The van der Waals surface area contributed by atoms with Gasteiger partial charge in [-0.05, 0) is 32.1 Å². The molecule has 0 aromatic heterocycles. The normalized spacial score (nSPS) is 17.2. The van der Waals surface area contributed by atoms with Gasteiger partial charge in [-0.1, -0.05) is 0 Å². The number of esters is 1. The standard InChI is InChI=1S/C16H31N3O4.HI/c1-17-16(18-9-4-3-8-15(20)21-2)19-10-6-11-22-13-14-7-5-12-23-14;/h14H,3-13H2,1-2H3,(H2,17,18,19);1H. The monoisotopic (exact) mass is 457 g/mol. The van der Waals surface area contributed by atoms with Gasteiger partial charge in [0.2, 0.25) is 0 Å². The summed E-state index contributed by atoms with van der Waals surface area (Å²) in [6, 6.07) is 0. The fraction of sp³-hybridized carbons (Fsp3) is 0.875. The van der Waals surface area contributed by atoms with Gasteiger partial charge < -0.3 is 24.8 Å². The van der Waals surface area contributed by atoms with Crippen LogP contribution in [0.5, 0.6) is 0 Å². The average molecular weight is 457 g/mol. The van der Waals surface area contributed by atoms with Gasteiger partial charge in [0.1, 0.15) is 0 Å². The lowest BCUT2D eigenvalue weighted by atomic mass is 10.2. The molecule has 2 N–H and O–H groups in total. The van der Waals surface area contributed by atoms with E-state index in [-0.39, 0.29) is 29.9 Å². The maximum Gasteiger partial charge on any atom is 0.305 e. The zero-order valence-electron chi connectivity index (χ0n) is 14.8. The van der Waals surface area contributed by atoms with Gasteiger partial charge >= 0.3 is 5.97 Å². The van der Waals surface area contributed by atoms with Gasteiger partial charge in [0.25, 0.3) is 0 Å². The summed E-state index contributed by atoms with van der Waals surface area (Å²) in [7, 11) is 3.16. The Kier molecular flexibility index (Phi) is 15.5. The number of halogens is 1. The lowest BCUT2D eigenvalue weighted by Crippen LogP contribution is -2.38. The van der Waals surface area contributed by atoms with Gasteiger partial charge in [-0.25, -0.2) is 0 Å². The molecule has 0 aromatic carbocycles. The van der Waals surface area contributed by atoms with Gasteiger partial charge in [-0.2, -0.15) is 0 Å². The van der Waals surface area contributed by atoms with Crippen molar-refractivity contribution < 1.29 is 19.0 Å². The fourth-order valence-corrected chi connectivity index (χ4v) is 2.30. The van der Waals surface area contributed by atoms with Gasteiger partial charge in [0, 0.05) is 39.8 Å². The van der Waals surface area contributed by atoms with E-state index in [9.17, 15) is 4.79 Å². The number of guanidine groups is 1. The molecule has 142 valence electrons. The minimum absolute atomic E-state index is 0. The molecule has 0 aliphatic carbocycles. The predicted octanol–water partition coefficient (Wildman–Crippen LogP) is 1.70. The van der Waals surface area contributed by atoms with Gasteiger partial charge in [-0.15, -0.1) is 24.0 Å². The number of ether oxygens (including phenoxy) is 3. The molecule has 0 radical (unpaired) electrons. The first kappa shape index (κ1) is 23.4. The van der Waals surface area contributed by atoms with Crippen molar-refractivity contribution >= 4 is 35.9 Å². The van der Waals surface area contributed by atoms with Crippen LogP contribution in [0.1, 0.15) is 38.5 Å². The molecule has 1 saturated heterocycles. The van der Waals surface area contributed by atoms with Crippen molar-refractivity contribution in [2.45, 2.75) is 44.6 Å². The fourth-order valence-electron chi connectivity index (χ4n) is 2.30. The van der Waals surface area contributed by atoms with E-state index in [1.54, 1.807) is 7.05 Å². The van der Waals surface area contributed by atoms with E-state index in [1.165, 1.54) is 7.11 Å². The largest absolute Gasteiger partial charge is 0.469 e. The minimum atomic E-state index is -0.157. The summed E-state index contributed by atoms with van der Waals surface area (Å²) in [6.07, 6.45) is 5.67. The lowest BCUT2D eigenvalue weighted by Gasteiger charge is -2.13. The van der Waals surface area contributed by atoms with E-state index in [0.29, 0.717) is 19.1 Å². The average Bonchev–Trinajstić information content (AvgIpc) is 3.08. The SMILES string of the molecule is CN=C(NCCCCC(=O)OC)NCCCOCC1CCCO1.I. The molecule has 1 unspecified atom stereocenters. The maximum atomic E-state index is 11.0. The summed E-state index contributed by atoms with van der Waals surface area (Å²) in [5, 5.41) is 6.47. The van der Waals surface area contributed by atoms with Crippen molar-refractivity contribution in [3.05, 3.63) is 0 Å². The highest BCUT2D eigenvalue weighted by atomic mass is 127. The summed E-state index contributed by atoms with van der Waals surface area (Å²) in [5.41, 5.74) is 0. The van der Waals surface area contributed by atoms with E-state index >= 15 is 0 Å². The Balaban J connectivity index is 0.00000529. The van der Waals surface area contributed by atoms with Crippen molar-refractivity contribution in [1.82, 2.24) is 10.6 Å². The Morgan fingerprint density at radius 3 is 2.62 bits per heavy atom. The smallest absolute Gasteiger partial charge is 0.305 e. The van der Waals surface area contributed by atoms with Crippen molar-refractivity contribution in [3.8, 4) is 0 Å². The number of hydrogen-bond donors (Lipinski definition) is 2. The zero-order chi connectivity index (χ0) is 16.8. The Morgan fingerprint density at radius 2 is 2.00 bits per heavy atom. The van der Waals surface area contributed by atoms with E-state index < -0.39 is 0 Å². The molecular weight excluding hydrogens is 425 g/mol. The first-order chi connectivity index (χ1) is 11.3. The zero-order valence-corrected chi connectivity index (χ0v) is 17.2. The van der Waals surface area contributed by atoms with Crippen molar-refractivity contribution in [2.24, 2.45) is 4.99 Å². The second-order valence-corrected chi connectivity index (χ2v) is 5.52. The summed E-state index contributed by atoms with van der Waals surface area (Å²) < 4.78 is 15.7. The van der Waals surface area contributed by atoms with E-state index in [4.69, 9.17) is 9.47 Å². The maximum absolute atomic E-state index is 11.0. The summed E-state index contributed by atoms with van der Waals surface area (Å²) in [5.74, 6) is 0.623. The summed E-state index contributed by atoms with van der Waals surface area (Å²) >= 11 is 0. The predicted molar refractivity (Wildman–Crippen MR) is 105 cm³/mol. The third kappa shape index (κ3) is 11.9. The number of unbranched alkanes of at least 4 members (excludes halogenated alkanes) is 1. The number of nitrogens with zero attached hydrogens (tertiary/aromatic N) is 1. The van der Waals surface area contributed by atoms with Crippen LogP contribution in [0, 0.1) is 0 Å². The van der Waals surface area contributed by atoms with Crippen LogP contribution < -0.4 is 10.6 Å². The number of carbonyl (C=O) groups is 1. The second-order valence-electron chi connectivity index (χ2n) is 5.52. The first-order valence-electron chi connectivity index (χ1n) is 8.47. The number of nitrogens with one attached hydrogen (secondary N) is 2. The quantitative estimate of drug-likeness (QED) is 0.162. The highest BCUT2D eigenvalue weighted by Crippen LogP contribution is 2.11. The van der Waals surface area contributed by atoms with Crippen molar-refractivity contribution in [1.29, 1.82) is 0 Å². The van der Waals surface area contributed by atoms with E-state index in [0.717, 1.165) is 64.4 Å². The van der Waals surface area contributed by atoms with Crippen LogP contribution in [0.4, 0.5) is 0 Å². The third-order valence-corrected chi connectivity index (χ3v) is 3.64. The van der Waals surface area contributed by atoms with Crippen LogP contribution in [0.15, 0.2) is 4.99 Å². The molecule has 24 heavy (non-hydrogen) atoms. The van der Waals surface area contributed by atoms with Crippen molar-refractivity contribution in [2.75, 3.05) is 47.1 Å². The Labute approximate surface area is 162 Å². The second kappa shape index (κ2) is 15.9. The summed E-state index contributed by atoms with van der Waals surface area (Å²) in [4.78, 5) is 15.1. The van der Waals surface area contributed by atoms with Crippen LogP contribution in [0.2, 0.25) is 0 Å². The molecule has 7 nitrogen and oxygen atoms in total. The van der Waals surface area contributed by atoms with Gasteiger partial charge in [0.15, 0.2) is 5.96 Å². The Hall–Kier alpha value is -0.610. The molecule has 0 aromatic rings. The molecule has 1 fully saturated rings. The number of rotatable bonds is 11. The Bertz CT molecular complexity index is 350. The summed E-state index contributed by atoms with van der Waals surface area (Å²) in [6.45, 7) is 3.90. The van der Waals surface area contributed by atoms with Crippen LogP contribution in [0.25, 0.3) is 0 Å². The molecule has 0 saturated carbocycles. The molecule has 0 bridgehead atoms. The van der Waals surface area contributed by atoms with Gasteiger partial charge in [-0.3, -0.25) is 9.79 Å². The van der Waals surface area contributed by atoms with Crippen molar-refractivity contribution in [3.63, 3.8) is 0 Å². The molecule has 1 aliphatic heterocycles. The van der Waals surface area contributed by atoms with Crippen LogP contribution in [-0.4, -0.2) is 65.1 Å². The molecule has 1 atom stereocenters.